The molecule has 120 valence electrons. The number of amides is 1. The van der Waals surface area contributed by atoms with Crippen LogP contribution in [0, 0.1) is 0 Å². The summed E-state index contributed by atoms with van der Waals surface area (Å²) in [6.07, 6.45) is 0.637. The highest BCUT2D eigenvalue weighted by Crippen LogP contribution is 2.14. The van der Waals surface area contributed by atoms with E-state index in [9.17, 15) is 9.59 Å². The van der Waals surface area contributed by atoms with Crippen LogP contribution in [0.15, 0.2) is 43.0 Å². The molecule has 1 N–H and O–H groups in total. The van der Waals surface area contributed by atoms with Crippen molar-refractivity contribution in [3.8, 4) is 0 Å². The molecule has 0 heterocycles. The van der Waals surface area contributed by atoms with E-state index in [0.29, 0.717) is 5.75 Å². The first-order valence-electron chi connectivity index (χ1n) is 7.09. The molecule has 0 fully saturated rings. The maximum absolute atomic E-state index is 11.9. The quantitative estimate of drug-likeness (QED) is 0.780. The first-order valence-corrected chi connectivity index (χ1v) is 8.25. The van der Waals surface area contributed by atoms with Gasteiger partial charge in [0, 0.05) is 11.5 Å². The van der Waals surface area contributed by atoms with Crippen molar-refractivity contribution in [1.29, 1.82) is 0 Å². The standard InChI is InChI=1S/C17H23NO3S/c1-5-15(19)14(18-16(20)21-17(2,3)4)12-22-11-13-9-7-6-8-10-13/h5-10,14H,1,11-12H2,2-4H3,(H,18,20)/t14-/m1/s1. The number of ketones is 1. The van der Waals surface area contributed by atoms with Gasteiger partial charge in [0.2, 0.25) is 0 Å². The third-order valence-corrected chi connectivity index (χ3v) is 3.74. The normalized spacial score (nSPS) is 12.3. The predicted octanol–water partition coefficient (Wildman–Crippen LogP) is 3.57. The van der Waals surface area contributed by atoms with Gasteiger partial charge in [-0.3, -0.25) is 4.79 Å². The molecule has 0 aromatic heterocycles. The molecule has 1 atom stereocenters. The molecule has 0 saturated heterocycles. The lowest BCUT2D eigenvalue weighted by Gasteiger charge is -2.22. The summed E-state index contributed by atoms with van der Waals surface area (Å²) in [5.41, 5.74) is 0.581. The fourth-order valence-corrected chi connectivity index (χ4v) is 2.69. The maximum atomic E-state index is 11.9. The molecule has 4 nitrogen and oxygen atoms in total. The minimum absolute atomic E-state index is 0.216. The first kappa shape index (κ1) is 18.3. The summed E-state index contributed by atoms with van der Waals surface area (Å²) in [6, 6.07) is 9.34. The predicted molar refractivity (Wildman–Crippen MR) is 91.0 cm³/mol. The van der Waals surface area contributed by atoms with Gasteiger partial charge < -0.3 is 10.1 Å². The molecular formula is C17H23NO3S. The van der Waals surface area contributed by atoms with Crippen LogP contribution >= 0.6 is 11.8 Å². The number of alkyl carbamates (subject to hydrolysis) is 1. The van der Waals surface area contributed by atoms with Gasteiger partial charge in [-0.1, -0.05) is 36.9 Å². The van der Waals surface area contributed by atoms with E-state index in [1.165, 1.54) is 11.6 Å². The Morgan fingerprint density at radius 2 is 1.95 bits per heavy atom. The zero-order chi connectivity index (χ0) is 16.6. The van der Waals surface area contributed by atoms with Gasteiger partial charge in [-0.2, -0.15) is 11.8 Å². The van der Waals surface area contributed by atoms with Crippen LogP contribution in [0.25, 0.3) is 0 Å². The molecule has 1 aromatic carbocycles. The lowest BCUT2D eigenvalue weighted by Crippen LogP contribution is -2.44. The topological polar surface area (TPSA) is 55.4 Å². The molecule has 5 heteroatoms. The van der Waals surface area contributed by atoms with E-state index in [4.69, 9.17) is 4.74 Å². The lowest BCUT2D eigenvalue weighted by atomic mass is 10.2. The van der Waals surface area contributed by atoms with E-state index >= 15 is 0 Å². The highest BCUT2D eigenvalue weighted by molar-refractivity contribution is 7.98. The third kappa shape index (κ3) is 7.31. The summed E-state index contributed by atoms with van der Waals surface area (Å²) in [6.45, 7) is 8.82. The zero-order valence-electron chi connectivity index (χ0n) is 13.3. The molecular weight excluding hydrogens is 298 g/mol. The Balaban J connectivity index is 2.52. The van der Waals surface area contributed by atoms with Crippen LogP contribution in [-0.2, 0) is 15.3 Å². The first-order chi connectivity index (χ1) is 10.3. The van der Waals surface area contributed by atoms with Gasteiger partial charge in [0.25, 0.3) is 0 Å². The molecule has 0 aliphatic heterocycles. The van der Waals surface area contributed by atoms with Crippen molar-refractivity contribution in [3.63, 3.8) is 0 Å². The van der Waals surface area contributed by atoms with Gasteiger partial charge in [-0.05, 0) is 32.4 Å². The number of thioether (sulfide) groups is 1. The van der Waals surface area contributed by atoms with E-state index < -0.39 is 17.7 Å². The van der Waals surface area contributed by atoms with Crippen LogP contribution in [0.4, 0.5) is 4.79 Å². The molecule has 0 aliphatic rings. The van der Waals surface area contributed by atoms with E-state index in [1.54, 1.807) is 32.5 Å². The van der Waals surface area contributed by atoms with Crippen LogP contribution in [0.2, 0.25) is 0 Å². The molecule has 0 aliphatic carbocycles. The minimum atomic E-state index is -0.624. The molecule has 0 saturated carbocycles. The summed E-state index contributed by atoms with van der Waals surface area (Å²) in [5.74, 6) is 1.03. The SMILES string of the molecule is C=CC(=O)[C@@H](CSCc1ccccc1)NC(=O)OC(C)(C)C. The molecule has 22 heavy (non-hydrogen) atoms. The Kier molecular flexibility index (Phi) is 7.18. The van der Waals surface area contributed by atoms with Crippen molar-refractivity contribution in [2.75, 3.05) is 5.75 Å². The fraction of sp³-hybridized carbons (Fsp3) is 0.412. The highest BCUT2D eigenvalue weighted by atomic mass is 32.2. The van der Waals surface area contributed by atoms with Crippen molar-refractivity contribution >= 4 is 23.6 Å². The number of nitrogens with one attached hydrogen (secondary N) is 1. The van der Waals surface area contributed by atoms with Gasteiger partial charge in [0.05, 0.1) is 0 Å². The molecule has 0 spiro atoms. The summed E-state index contributed by atoms with van der Waals surface area (Å²) >= 11 is 1.58. The number of hydrogen-bond acceptors (Lipinski definition) is 4. The van der Waals surface area contributed by atoms with E-state index in [2.05, 4.69) is 11.9 Å². The monoisotopic (exact) mass is 321 g/mol. The number of rotatable bonds is 7. The van der Waals surface area contributed by atoms with Crippen molar-refractivity contribution in [1.82, 2.24) is 5.32 Å². The van der Waals surface area contributed by atoms with Gasteiger partial charge in [-0.25, -0.2) is 4.79 Å². The van der Waals surface area contributed by atoms with Gasteiger partial charge in [-0.15, -0.1) is 0 Å². The van der Waals surface area contributed by atoms with Gasteiger partial charge in [0.1, 0.15) is 11.6 Å². The Morgan fingerprint density at radius 3 is 2.50 bits per heavy atom. The molecule has 0 bridgehead atoms. The van der Waals surface area contributed by atoms with Gasteiger partial charge in [0.15, 0.2) is 5.78 Å². The highest BCUT2D eigenvalue weighted by Gasteiger charge is 2.22. The van der Waals surface area contributed by atoms with E-state index in [1.807, 2.05) is 30.3 Å². The van der Waals surface area contributed by atoms with Crippen molar-refractivity contribution in [2.45, 2.75) is 38.2 Å². The second-order valence-corrected chi connectivity index (χ2v) is 6.84. The van der Waals surface area contributed by atoms with Crippen molar-refractivity contribution in [3.05, 3.63) is 48.6 Å². The molecule has 1 rings (SSSR count). The molecule has 0 unspecified atom stereocenters. The smallest absolute Gasteiger partial charge is 0.408 e. The van der Waals surface area contributed by atoms with E-state index in [0.717, 1.165) is 5.75 Å². The summed E-state index contributed by atoms with van der Waals surface area (Å²) in [5, 5.41) is 2.61. The van der Waals surface area contributed by atoms with Crippen LogP contribution < -0.4 is 5.32 Å². The number of ether oxygens (including phenoxy) is 1. The lowest BCUT2D eigenvalue weighted by molar-refractivity contribution is -0.116. The average molecular weight is 321 g/mol. The fourth-order valence-electron chi connectivity index (χ4n) is 1.66. The Labute approximate surface area is 136 Å². The zero-order valence-corrected chi connectivity index (χ0v) is 14.1. The Hall–Kier alpha value is -1.75. The third-order valence-electron chi connectivity index (χ3n) is 2.63. The largest absolute Gasteiger partial charge is 0.444 e. The average Bonchev–Trinajstić information content (AvgIpc) is 2.44. The molecule has 1 amide bonds. The van der Waals surface area contributed by atoms with Crippen LogP contribution in [0.5, 0.6) is 0 Å². The Morgan fingerprint density at radius 1 is 1.32 bits per heavy atom. The van der Waals surface area contributed by atoms with Crippen molar-refractivity contribution in [2.24, 2.45) is 0 Å². The second kappa shape index (κ2) is 8.63. The summed E-state index contributed by atoms with van der Waals surface area (Å²) in [7, 11) is 0. The van der Waals surface area contributed by atoms with Gasteiger partial charge >= 0.3 is 6.09 Å². The number of benzene rings is 1. The summed E-state index contributed by atoms with van der Waals surface area (Å²) in [4.78, 5) is 23.6. The Bertz CT molecular complexity index is 508. The molecule has 0 radical (unpaired) electrons. The molecule has 1 aromatic rings. The summed E-state index contributed by atoms with van der Waals surface area (Å²) < 4.78 is 5.18. The number of carbonyl (C=O) groups is 2. The van der Waals surface area contributed by atoms with Crippen LogP contribution in [-0.4, -0.2) is 29.3 Å². The van der Waals surface area contributed by atoms with Crippen LogP contribution in [0.1, 0.15) is 26.3 Å². The minimum Gasteiger partial charge on any atom is -0.444 e. The van der Waals surface area contributed by atoms with Crippen molar-refractivity contribution < 1.29 is 14.3 Å². The maximum Gasteiger partial charge on any atom is 0.408 e. The number of hydrogen-bond donors (Lipinski definition) is 1. The van der Waals surface area contributed by atoms with E-state index in [-0.39, 0.29) is 5.78 Å². The number of carbonyl (C=O) groups excluding carboxylic acids is 2. The second-order valence-electron chi connectivity index (χ2n) is 5.81. The van der Waals surface area contributed by atoms with Crippen LogP contribution in [0.3, 0.4) is 0 Å².